The first-order chi connectivity index (χ1) is 8.09. The number of ether oxygens (including phenoxy) is 1. The normalized spacial score (nSPS) is 24.2. The molecule has 1 atom stereocenters. The molecule has 1 aliphatic rings. The molecule has 1 heterocycles. The molecule has 0 radical (unpaired) electrons. The molecule has 0 spiro atoms. The maximum atomic E-state index is 5.76. The van der Waals surface area contributed by atoms with Gasteiger partial charge in [0.25, 0.3) is 0 Å². The van der Waals surface area contributed by atoms with Gasteiger partial charge in [-0.25, -0.2) is 0 Å². The summed E-state index contributed by atoms with van der Waals surface area (Å²) in [5, 5.41) is 3.51. The summed E-state index contributed by atoms with van der Waals surface area (Å²) in [7, 11) is 0. The zero-order valence-corrected chi connectivity index (χ0v) is 11.2. The summed E-state index contributed by atoms with van der Waals surface area (Å²) in [6, 6.07) is 6.66. The molecule has 2 heteroatoms. The molecule has 2 nitrogen and oxygen atoms in total. The van der Waals surface area contributed by atoms with E-state index in [9.17, 15) is 0 Å². The summed E-state index contributed by atoms with van der Waals surface area (Å²) in [6.45, 7) is 9.31. The Hall–Kier alpha value is -0.860. The maximum Gasteiger partial charge on any atom is 0.0779 e. The molecule has 0 bridgehead atoms. The summed E-state index contributed by atoms with van der Waals surface area (Å²) < 4.78 is 5.76. The summed E-state index contributed by atoms with van der Waals surface area (Å²) in [5.41, 5.74) is 4.14. The first-order valence-corrected chi connectivity index (χ1v) is 6.50. The van der Waals surface area contributed by atoms with Crippen molar-refractivity contribution in [1.29, 1.82) is 0 Å². The summed E-state index contributed by atoms with van der Waals surface area (Å²) in [4.78, 5) is 0. The molecule has 0 aromatic heterocycles. The van der Waals surface area contributed by atoms with E-state index >= 15 is 0 Å². The number of hydrogen-bond acceptors (Lipinski definition) is 2. The van der Waals surface area contributed by atoms with Gasteiger partial charge >= 0.3 is 0 Å². The van der Waals surface area contributed by atoms with Gasteiger partial charge in [0.05, 0.1) is 5.60 Å². The molecular formula is C15H23NO. The minimum atomic E-state index is 0.0553. The van der Waals surface area contributed by atoms with Gasteiger partial charge in [-0.2, -0.15) is 0 Å². The van der Waals surface area contributed by atoms with Crippen molar-refractivity contribution < 1.29 is 4.74 Å². The van der Waals surface area contributed by atoms with Crippen LogP contribution in [-0.4, -0.2) is 18.8 Å². The standard InChI is InChI=1S/C15H23NO/c1-12-5-6-14(9-13(12)2)10-16-11-15(3)7-4-8-17-15/h5-6,9,16H,4,7-8,10-11H2,1-3H3. The molecule has 1 N–H and O–H groups in total. The van der Waals surface area contributed by atoms with Gasteiger partial charge in [-0.3, -0.25) is 0 Å². The molecule has 1 aromatic rings. The van der Waals surface area contributed by atoms with E-state index in [-0.39, 0.29) is 5.60 Å². The number of aryl methyl sites for hydroxylation is 2. The Kier molecular flexibility index (Phi) is 3.85. The smallest absolute Gasteiger partial charge is 0.0779 e. The van der Waals surface area contributed by atoms with E-state index < -0.39 is 0 Å². The van der Waals surface area contributed by atoms with Crippen LogP contribution in [0.3, 0.4) is 0 Å². The van der Waals surface area contributed by atoms with Gasteiger partial charge in [0.2, 0.25) is 0 Å². The quantitative estimate of drug-likeness (QED) is 0.863. The van der Waals surface area contributed by atoms with Gasteiger partial charge in [-0.05, 0) is 50.3 Å². The van der Waals surface area contributed by atoms with Gasteiger partial charge in [0.1, 0.15) is 0 Å². The second-order valence-electron chi connectivity index (χ2n) is 5.42. The van der Waals surface area contributed by atoms with Crippen LogP contribution in [0.4, 0.5) is 0 Å². The second-order valence-corrected chi connectivity index (χ2v) is 5.42. The van der Waals surface area contributed by atoms with E-state index in [1.807, 2.05) is 0 Å². The Morgan fingerprint density at radius 3 is 2.76 bits per heavy atom. The Bertz CT molecular complexity index is 381. The van der Waals surface area contributed by atoms with E-state index in [2.05, 4.69) is 44.3 Å². The summed E-state index contributed by atoms with van der Waals surface area (Å²) in [6.07, 6.45) is 2.37. The molecule has 1 unspecified atom stereocenters. The molecular weight excluding hydrogens is 210 g/mol. The van der Waals surface area contributed by atoms with Gasteiger partial charge in [-0.15, -0.1) is 0 Å². The van der Waals surface area contributed by atoms with Crippen LogP contribution in [0.5, 0.6) is 0 Å². The first-order valence-electron chi connectivity index (χ1n) is 6.50. The Balaban J connectivity index is 1.83. The Labute approximate surface area is 104 Å². The third-order valence-electron chi connectivity index (χ3n) is 3.70. The Morgan fingerprint density at radius 2 is 2.12 bits per heavy atom. The van der Waals surface area contributed by atoms with Crippen LogP contribution in [0, 0.1) is 13.8 Å². The number of nitrogens with one attached hydrogen (secondary N) is 1. The predicted molar refractivity (Wildman–Crippen MR) is 71.2 cm³/mol. The highest BCUT2D eigenvalue weighted by Gasteiger charge is 2.28. The molecule has 1 fully saturated rings. The number of hydrogen-bond donors (Lipinski definition) is 1. The average molecular weight is 233 g/mol. The molecule has 1 aromatic carbocycles. The monoisotopic (exact) mass is 233 g/mol. The van der Waals surface area contributed by atoms with E-state index in [1.165, 1.54) is 29.5 Å². The molecule has 0 aliphatic carbocycles. The third-order valence-corrected chi connectivity index (χ3v) is 3.70. The fraction of sp³-hybridized carbons (Fsp3) is 0.600. The highest BCUT2D eigenvalue weighted by Crippen LogP contribution is 2.24. The molecule has 94 valence electrons. The third kappa shape index (κ3) is 3.30. The lowest BCUT2D eigenvalue weighted by Gasteiger charge is -2.23. The van der Waals surface area contributed by atoms with E-state index in [0.29, 0.717) is 0 Å². The van der Waals surface area contributed by atoms with Crippen LogP contribution in [0.15, 0.2) is 18.2 Å². The Morgan fingerprint density at radius 1 is 1.29 bits per heavy atom. The van der Waals surface area contributed by atoms with Crippen LogP contribution >= 0.6 is 0 Å². The first kappa shape index (κ1) is 12.6. The molecule has 17 heavy (non-hydrogen) atoms. The SMILES string of the molecule is Cc1ccc(CNCC2(C)CCCO2)cc1C. The highest BCUT2D eigenvalue weighted by atomic mass is 16.5. The zero-order chi connectivity index (χ0) is 12.3. The van der Waals surface area contributed by atoms with E-state index in [4.69, 9.17) is 4.74 Å². The van der Waals surface area contributed by atoms with Crippen molar-refractivity contribution in [1.82, 2.24) is 5.32 Å². The molecule has 0 saturated carbocycles. The van der Waals surface area contributed by atoms with Crippen molar-refractivity contribution in [2.45, 2.75) is 45.8 Å². The minimum Gasteiger partial charge on any atom is -0.374 e. The van der Waals surface area contributed by atoms with Gasteiger partial charge < -0.3 is 10.1 Å². The van der Waals surface area contributed by atoms with Crippen molar-refractivity contribution in [3.05, 3.63) is 34.9 Å². The van der Waals surface area contributed by atoms with Gasteiger partial charge in [0.15, 0.2) is 0 Å². The average Bonchev–Trinajstić information content (AvgIpc) is 2.71. The van der Waals surface area contributed by atoms with Crippen LogP contribution < -0.4 is 5.32 Å². The molecule has 2 rings (SSSR count). The lowest BCUT2D eigenvalue weighted by Crippen LogP contribution is -2.36. The van der Waals surface area contributed by atoms with Crippen molar-refractivity contribution in [2.24, 2.45) is 0 Å². The van der Waals surface area contributed by atoms with Crippen LogP contribution in [0.25, 0.3) is 0 Å². The predicted octanol–water partition coefficient (Wildman–Crippen LogP) is 2.96. The minimum absolute atomic E-state index is 0.0553. The second kappa shape index (κ2) is 5.19. The van der Waals surface area contributed by atoms with Crippen LogP contribution in [0.1, 0.15) is 36.5 Å². The van der Waals surface area contributed by atoms with Crippen molar-refractivity contribution in [2.75, 3.05) is 13.2 Å². The number of benzene rings is 1. The van der Waals surface area contributed by atoms with Gasteiger partial charge in [0, 0.05) is 19.7 Å². The lowest BCUT2D eigenvalue weighted by atomic mass is 10.0. The fourth-order valence-electron chi connectivity index (χ4n) is 2.36. The topological polar surface area (TPSA) is 21.3 Å². The van der Waals surface area contributed by atoms with E-state index in [0.717, 1.165) is 19.7 Å². The summed E-state index contributed by atoms with van der Waals surface area (Å²) in [5.74, 6) is 0. The largest absolute Gasteiger partial charge is 0.374 e. The zero-order valence-electron chi connectivity index (χ0n) is 11.2. The summed E-state index contributed by atoms with van der Waals surface area (Å²) >= 11 is 0. The fourth-order valence-corrected chi connectivity index (χ4v) is 2.36. The number of rotatable bonds is 4. The molecule has 1 aliphatic heterocycles. The van der Waals surface area contributed by atoms with Crippen molar-refractivity contribution >= 4 is 0 Å². The van der Waals surface area contributed by atoms with E-state index in [1.54, 1.807) is 0 Å². The highest BCUT2D eigenvalue weighted by molar-refractivity contribution is 5.29. The maximum absolute atomic E-state index is 5.76. The van der Waals surface area contributed by atoms with Crippen molar-refractivity contribution in [3.8, 4) is 0 Å². The molecule has 0 amide bonds. The molecule has 1 saturated heterocycles. The van der Waals surface area contributed by atoms with Gasteiger partial charge in [-0.1, -0.05) is 18.2 Å². The van der Waals surface area contributed by atoms with Crippen LogP contribution in [0.2, 0.25) is 0 Å². The lowest BCUT2D eigenvalue weighted by molar-refractivity contribution is 0.0207. The van der Waals surface area contributed by atoms with Crippen molar-refractivity contribution in [3.63, 3.8) is 0 Å². The van der Waals surface area contributed by atoms with Crippen LogP contribution in [-0.2, 0) is 11.3 Å².